The molecule has 1 aromatic heterocycles. The average molecular weight is 334 g/mol. The van der Waals surface area contributed by atoms with Gasteiger partial charge in [-0.25, -0.2) is 0 Å². The smallest absolute Gasteiger partial charge is 0.0711 e. The van der Waals surface area contributed by atoms with Crippen molar-refractivity contribution in [3.05, 3.63) is 53.7 Å². The Kier molecular flexibility index (Phi) is 6.44. The van der Waals surface area contributed by atoms with Gasteiger partial charge >= 0.3 is 0 Å². The molecule has 0 amide bonds. The highest BCUT2D eigenvalue weighted by atomic mass is 14.7. The molecular weight excluding hydrogens is 302 g/mol. The first kappa shape index (κ1) is 17.9. The third-order valence-corrected chi connectivity index (χ3v) is 5.21. The van der Waals surface area contributed by atoms with E-state index in [4.69, 9.17) is 4.98 Å². The van der Waals surface area contributed by atoms with E-state index in [1.807, 2.05) is 0 Å². The Labute approximate surface area is 152 Å². The van der Waals surface area contributed by atoms with Gasteiger partial charge in [0.15, 0.2) is 0 Å². The van der Waals surface area contributed by atoms with E-state index in [1.165, 1.54) is 78.8 Å². The van der Waals surface area contributed by atoms with Crippen LogP contribution in [0.4, 0.5) is 0 Å². The fourth-order valence-electron chi connectivity index (χ4n) is 3.73. The van der Waals surface area contributed by atoms with Crippen LogP contribution in [0.1, 0.15) is 70.1 Å². The van der Waals surface area contributed by atoms with Crippen molar-refractivity contribution in [1.29, 1.82) is 0 Å². The Morgan fingerprint density at radius 1 is 0.720 bits per heavy atom. The number of benzene rings is 2. The number of pyridine rings is 1. The molecule has 25 heavy (non-hydrogen) atoms. The molecule has 0 bridgehead atoms. The second kappa shape index (κ2) is 8.99. The van der Waals surface area contributed by atoms with Crippen molar-refractivity contribution in [2.45, 2.75) is 71.6 Å². The van der Waals surface area contributed by atoms with E-state index in [2.05, 4.69) is 56.3 Å². The zero-order chi connectivity index (χ0) is 17.5. The predicted octanol–water partition coefficient (Wildman–Crippen LogP) is 7.24. The molecule has 0 unspecified atom stereocenters. The van der Waals surface area contributed by atoms with Crippen LogP contribution < -0.4 is 0 Å². The van der Waals surface area contributed by atoms with Crippen LogP contribution in [0.25, 0.3) is 21.7 Å². The van der Waals surface area contributed by atoms with Gasteiger partial charge in [-0.2, -0.15) is 0 Å². The van der Waals surface area contributed by atoms with Crippen LogP contribution in [-0.2, 0) is 12.8 Å². The molecule has 1 heterocycles. The fraction of sp³-hybridized carbons (Fsp3) is 0.458. The second-order valence-corrected chi connectivity index (χ2v) is 7.22. The number of aryl methyl sites for hydroxylation is 2. The molecule has 0 fully saturated rings. The van der Waals surface area contributed by atoms with Crippen molar-refractivity contribution in [2.24, 2.45) is 0 Å². The molecule has 0 atom stereocenters. The Bertz CT molecular complexity index is 819. The van der Waals surface area contributed by atoms with E-state index < -0.39 is 0 Å². The quantitative estimate of drug-likeness (QED) is 0.297. The van der Waals surface area contributed by atoms with E-state index >= 15 is 0 Å². The molecule has 3 aromatic rings. The molecular formula is C24H31N. The van der Waals surface area contributed by atoms with Crippen molar-refractivity contribution >= 4 is 21.7 Å². The van der Waals surface area contributed by atoms with E-state index in [0.717, 1.165) is 11.9 Å². The third-order valence-electron chi connectivity index (χ3n) is 5.21. The van der Waals surface area contributed by atoms with Crippen molar-refractivity contribution in [1.82, 2.24) is 4.98 Å². The zero-order valence-corrected chi connectivity index (χ0v) is 15.9. The first-order valence-corrected chi connectivity index (χ1v) is 10.1. The Morgan fingerprint density at radius 2 is 1.48 bits per heavy atom. The minimum Gasteiger partial charge on any atom is -0.253 e. The highest BCUT2D eigenvalue weighted by Gasteiger charge is 2.09. The maximum absolute atomic E-state index is 5.10. The number of unbranched alkanes of at least 4 members (excludes halogenated alkanes) is 5. The monoisotopic (exact) mass is 333 g/mol. The Balaban J connectivity index is 1.97. The fourth-order valence-corrected chi connectivity index (χ4v) is 3.73. The molecule has 0 radical (unpaired) electrons. The third kappa shape index (κ3) is 4.39. The molecule has 1 heteroatoms. The van der Waals surface area contributed by atoms with E-state index in [1.54, 1.807) is 0 Å². The highest BCUT2D eigenvalue weighted by Crippen LogP contribution is 2.27. The van der Waals surface area contributed by atoms with Crippen LogP contribution in [0.5, 0.6) is 0 Å². The van der Waals surface area contributed by atoms with Gasteiger partial charge in [-0.3, -0.25) is 4.98 Å². The van der Waals surface area contributed by atoms with Crippen LogP contribution in [0.3, 0.4) is 0 Å². The molecule has 0 saturated heterocycles. The predicted molar refractivity (Wildman–Crippen MR) is 110 cm³/mol. The molecule has 3 rings (SSSR count). The van der Waals surface area contributed by atoms with Crippen LogP contribution in [0.15, 0.2) is 42.5 Å². The molecule has 0 aliphatic rings. The van der Waals surface area contributed by atoms with Crippen LogP contribution in [-0.4, -0.2) is 4.98 Å². The summed E-state index contributed by atoms with van der Waals surface area (Å²) >= 11 is 0. The molecule has 2 aromatic carbocycles. The summed E-state index contributed by atoms with van der Waals surface area (Å²) < 4.78 is 0. The van der Waals surface area contributed by atoms with Crippen molar-refractivity contribution in [3.63, 3.8) is 0 Å². The summed E-state index contributed by atoms with van der Waals surface area (Å²) in [6.45, 7) is 4.55. The lowest BCUT2D eigenvalue weighted by atomic mass is 9.97. The van der Waals surface area contributed by atoms with Gasteiger partial charge in [0.25, 0.3) is 0 Å². The molecule has 0 saturated carbocycles. The van der Waals surface area contributed by atoms with E-state index in [-0.39, 0.29) is 0 Å². The van der Waals surface area contributed by atoms with Crippen molar-refractivity contribution in [3.8, 4) is 0 Å². The largest absolute Gasteiger partial charge is 0.253 e. The Hall–Kier alpha value is -1.89. The van der Waals surface area contributed by atoms with Gasteiger partial charge in [0.2, 0.25) is 0 Å². The van der Waals surface area contributed by atoms with Crippen LogP contribution in [0, 0.1) is 0 Å². The molecule has 0 aliphatic carbocycles. The summed E-state index contributed by atoms with van der Waals surface area (Å²) in [6.07, 6.45) is 11.4. The lowest BCUT2D eigenvalue weighted by Crippen LogP contribution is -2.00. The number of rotatable bonds is 9. The van der Waals surface area contributed by atoms with Gasteiger partial charge in [0.1, 0.15) is 0 Å². The summed E-state index contributed by atoms with van der Waals surface area (Å²) in [5.41, 5.74) is 3.98. The summed E-state index contributed by atoms with van der Waals surface area (Å²) in [6, 6.07) is 15.5. The SMILES string of the molecule is CCCCCCc1nc2ccc3ccccc3c2cc1CCCCC. The van der Waals surface area contributed by atoms with Gasteiger partial charge < -0.3 is 0 Å². The number of fused-ring (bicyclic) bond motifs is 3. The van der Waals surface area contributed by atoms with Crippen LogP contribution >= 0.6 is 0 Å². The number of hydrogen-bond acceptors (Lipinski definition) is 1. The molecule has 0 spiro atoms. The molecule has 0 N–H and O–H groups in total. The number of nitrogens with zero attached hydrogens (tertiary/aromatic N) is 1. The second-order valence-electron chi connectivity index (χ2n) is 7.22. The zero-order valence-electron chi connectivity index (χ0n) is 15.9. The molecule has 0 aliphatic heterocycles. The Morgan fingerprint density at radius 3 is 2.32 bits per heavy atom. The highest BCUT2D eigenvalue weighted by molar-refractivity contribution is 6.06. The topological polar surface area (TPSA) is 12.9 Å². The molecule has 1 nitrogen and oxygen atoms in total. The standard InChI is InChI=1S/C24H31N/c1-3-5-7-9-15-23-20(13-8-6-4-2)18-22-21-14-11-10-12-19(21)16-17-24(22)25-23/h10-12,14,16-18H,3-9,13,15H2,1-2H3. The summed E-state index contributed by atoms with van der Waals surface area (Å²) in [7, 11) is 0. The lowest BCUT2D eigenvalue weighted by Gasteiger charge is -2.12. The van der Waals surface area contributed by atoms with Gasteiger partial charge in [-0.05, 0) is 54.2 Å². The molecule has 132 valence electrons. The number of aromatic nitrogens is 1. The van der Waals surface area contributed by atoms with Crippen LogP contribution in [0.2, 0.25) is 0 Å². The van der Waals surface area contributed by atoms with Gasteiger partial charge in [-0.15, -0.1) is 0 Å². The normalized spacial score (nSPS) is 11.4. The minimum atomic E-state index is 1.13. The first-order valence-electron chi connectivity index (χ1n) is 10.1. The maximum Gasteiger partial charge on any atom is 0.0711 e. The summed E-state index contributed by atoms with van der Waals surface area (Å²) in [5.74, 6) is 0. The minimum absolute atomic E-state index is 1.13. The lowest BCUT2D eigenvalue weighted by molar-refractivity contribution is 0.653. The van der Waals surface area contributed by atoms with Crippen molar-refractivity contribution < 1.29 is 0 Å². The van der Waals surface area contributed by atoms with E-state index in [0.29, 0.717) is 0 Å². The van der Waals surface area contributed by atoms with Crippen molar-refractivity contribution in [2.75, 3.05) is 0 Å². The maximum atomic E-state index is 5.10. The van der Waals surface area contributed by atoms with Gasteiger partial charge in [0.05, 0.1) is 5.52 Å². The number of hydrogen-bond donors (Lipinski definition) is 0. The summed E-state index contributed by atoms with van der Waals surface area (Å²) in [5, 5.41) is 3.97. The van der Waals surface area contributed by atoms with E-state index in [9.17, 15) is 0 Å². The average Bonchev–Trinajstić information content (AvgIpc) is 2.65. The van der Waals surface area contributed by atoms with Gasteiger partial charge in [0, 0.05) is 11.1 Å². The van der Waals surface area contributed by atoms with Gasteiger partial charge in [-0.1, -0.05) is 76.3 Å². The summed E-state index contributed by atoms with van der Waals surface area (Å²) in [4.78, 5) is 5.10. The first-order chi connectivity index (χ1) is 12.3.